The third-order valence-electron chi connectivity index (χ3n) is 2.65. The molecule has 0 fully saturated rings. The highest BCUT2D eigenvalue weighted by Crippen LogP contribution is 2.26. The van der Waals surface area contributed by atoms with Crippen molar-refractivity contribution in [3.05, 3.63) is 33.9 Å². The van der Waals surface area contributed by atoms with E-state index in [2.05, 4.69) is 5.32 Å². The van der Waals surface area contributed by atoms with Crippen LogP contribution in [0, 0.1) is 17.0 Å². The fraction of sp³-hybridized carbons (Fsp3) is 0.417. The Morgan fingerprint density at radius 1 is 1.58 bits per heavy atom. The highest BCUT2D eigenvalue weighted by molar-refractivity contribution is 5.80. The number of carbonyl (C=O) groups is 1. The molecular formula is C12H17N3O4. The molecular weight excluding hydrogens is 250 g/mol. The largest absolute Gasteiger partial charge is 0.491 e. The molecule has 0 saturated heterocycles. The van der Waals surface area contributed by atoms with Crippen LogP contribution in [0.2, 0.25) is 0 Å². The monoisotopic (exact) mass is 267 g/mol. The second-order valence-electron chi connectivity index (χ2n) is 3.98. The third-order valence-corrected chi connectivity index (χ3v) is 2.65. The summed E-state index contributed by atoms with van der Waals surface area (Å²) in [5, 5.41) is 13.7. The van der Waals surface area contributed by atoms with Gasteiger partial charge in [-0.2, -0.15) is 0 Å². The molecule has 0 radical (unpaired) electrons. The second kappa shape index (κ2) is 6.69. The zero-order valence-electron chi connectivity index (χ0n) is 10.9. The summed E-state index contributed by atoms with van der Waals surface area (Å²) in [7, 11) is 0. The molecule has 1 rings (SSSR count). The van der Waals surface area contributed by atoms with Crippen molar-refractivity contribution >= 4 is 11.6 Å². The van der Waals surface area contributed by atoms with Crippen LogP contribution in [0.5, 0.6) is 5.75 Å². The normalized spacial score (nSPS) is 11.9. The topological polar surface area (TPSA) is 107 Å². The van der Waals surface area contributed by atoms with Crippen molar-refractivity contribution in [2.75, 3.05) is 13.2 Å². The maximum absolute atomic E-state index is 11.1. The first kappa shape index (κ1) is 14.9. The SMILES string of the molecule is CCNC(COc1cccc([N+](=O)[O-])c1C)C(N)=O. The Morgan fingerprint density at radius 3 is 2.79 bits per heavy atom. The summed E-state index contributed by atoms with van der Waals surface area (Å²) in [5.41, 5.74) is 5.62. The Balaban J connectivity index is 2.80. The van der Waals surface area contributed by atoms with Crippen LogP contribution in [0.1, 0.15) is 12.5 Å². The van der Waals surface area contributed by atoms with Gasteiger partial charge in [-0.15, -0.1) is 0 Å². The van der Waals surface area contributed by atoms with E-state index >= 15 is 0 Å². The highest BCUT2D eigenvalue weighted by Gasteiger charge is 2.18. The van der Waals surface area contributed by atoms with Crippen LogP contribution in [0.15, 0.2) is 18.2 Å². The van der Waals surface area contributed by atoms with Gasteiger partial charge in [0.2, 0.25) is 5.91 Å². The van der Waals surface area contributed by atoms with Gasteiger partial charge in [-0.05, 0) is 19.5 Å². The van der Waals surface area contributed by atoms with Crippen molar-refractivity contribution in [3.63, 3.8) is 0 Å². The van der Waals surface area contributed by atoms with Crippen LogP contribution in [0.4, 0.5) is 5.69 Å². The Labute approximate surface area is 110 Å². The number of benzene rings is 1. The van der Waals surface area contributed by atoms with E-state index in [1.54, 1.807) is 13.0 Å². The standard InChI is InChI=1S/C12H17N3O4/c1-3-14-9(12(13)16)7-19-11-6-4-5-10(8(11)2)15(17)18/h4-6,9,14H,3,7H2,1-2H3,(H2,13,16). The molecule has 1 amide bonds. The third kappa shape index (κ3) is 3.92. The molecule has 104 valence electrons. The van der Waals surface area contributed by atoms with E-state index in [0.29, 0.717) is 17.9 Å². The molecule has 1 aromatic rings. The Kier molecular flexibility index (Phi) is 5.25. The summed E-state index contributed by atoms with van der Waals surface area (Å²) in [6.45, 7) is 4.05. The first-order valence-electron chi connectivity index (χ1n) is 5.86. The van der Waals surface area contributed by atoms with E-state index in [-0.39, 0.29) is 12.3 Å². The Hall–Kier alpha value is -2.15. The molecule has 0 heterocycles. The fourth-order valence-corrected chi connectivity index (χ4v) is 1.62. The predicted molar refractivity (Wildman–Crippen MR) is 70.0 cm³/mol. The van der Waals surface area contributed by atoms with Gasteiger partial charge in [0, 0.05) is 6.07 Å². The van der Waals surface area contributed by atoms with Gasteiger partial charge in [-0.3, -0.25) is 14.9 Å². The van der Waals surface area contributed by atoms with E-state index in [4.69, 9.17) is 10.5 Å². The van der Waals surface area contributed by atoms with E-state index in [1.807, 2.05) is 6.92 Å². The van der Waals surface area contributed by atoms with Gasteiger partial charge in [0.25, 0.3) is 5.69 Å². The lowest BCUT2D eigenvalue weighted by atomic mass is 10.2. The van der Waals surface area contributed by atoms with E-state index in [9.17, 15) is 14.9 Å². The van der Waals surface area contributed by atoms with Crippen molar-refractivity contribution < 1.29 is 14.5 Å². The summed E-state index contributed by atoms with van der Waals surface area (Å²) >= 11 is 0. The molecule has 0 aliphatic heterocycles. The first-order valence-corrected chi connectivity index (χ1v) is 5.86. The molecule has 0 saturated carbocycles. The number of likely N-dealkylation sites (N-methyl/N-ethyl adjacent to an activating group) is 1. The van der Waals surface area contributed by atoms with Crippen LogP contribution in [0.25, 0.3) is 0 Å². The van der Waals surface area contributed by atoms with Crippen molar-refractivity contribution in [1.82, 2.24) is 5.32 Å². The number of nitro groups is 1. The van der Waals surface area contributed by atoms with Crippen LogP contribution in [0.3, 0.4) is 0 Å². The van der Waals surface area contributed by atoms with Crippen LogP contribution in [-0.4, -0.2) is 30.0 Å². The van der Waals surface area contributed by atoms with Gasteiger partial charge in [0.05, 0.1) is 10.5 Å². The quantitative estimate of drug-likeness (QED) is 0.559. The second-order valence-corrected chi connectivity index (χ2v) is 3.98. The molecule has 7 heteroatoms. The maximum Gasteiger partial charge on any atom is 0.276 e. The molecule has 0 bridgehead atoms. The number of primary amides is 1. The number of amides is 1. The molecule has 7 nitrogen and oxygen atoms in total. The average molecular weight is 267 g/mol. The number of hydrogen-bond donors (Lipinski definition) is 2. The minimum atomic E-state index is -0.622. The maximum atomic E-state index is 11.1. The van der Waals surface area contributed by atoms with Crippen molar-refractivity contribution in [3.8, 4) is 5.75 Å². The molecule has 0 spiro atoms. The van der Waals surface area contributed by atoms with Gasteiger partial charge in [-0.25, -0.2) is 0 Å². The van der Waals surface area contributed by atoms with E-state index in [1.165, 1.54) is 12.1 Å². The Bertz CT molecular complexity index is 476. The molecule has 1 atom stereocenters. The van der Waals surface area contributed by atoms with Crippen molar-refractivity contribution in [1.29, 1.82) is 0 Å². The molecule has 0 aromatic heterocycles. The molecule has 0 aliphatic carbocycles. The summed E-state index contributed by atoms with van der Waals surface area (Å²) in [6, 6.07) is 3.93. The van der Waals surface area contributed by atoms with Crippen LogP contribution >= 0.6 is 0 Å². The van der Waals surface area contributed by atoms with Crippen LogP contribution in [-0.2, 0) is 4.79 Å². The smallest absolute Gasteiger partial charge is 0.276 e. The molecule has 1 aromatic carbocycles. The van der Waals surface area contributed by atoms with Gasteiger partial charge in [0.1, 0.15) is 18.4 Å². The summed E-state index contributed by atoms with van der Waals surface area (Å²) in [4.78, 5) is 21.5. The summed E-state index contributed by atoms with van der Waals surface area (Å²) in [5.74, 6) is -0.150. The van der Waals surface area contributed by atoms with Crippen LogP contribution < -0.4 is 15.8 Å². The number of nitrogens with zero attached hydrogens (tertiary/aromatic N) is 1. The summed E-state index contributed by atoms with van der Waals surface area (Å²) < 4.78 is 5.44. The number of rotatable bonds is 7. The van der Waals surface area contributed by atoms with Gasteiger partial charge >= 0.3 is 0 Å². The highest BCUT2D eigenvalue weighted by atomic mass is 16.6. The number of carbonyl (C=O) groups excluding carboxylic acids is 1. The molecule has 19 heavy (non-hydrogen) atoms. The number of nitrogens with two attached hydrogens (primary N) is 1. The van der Waals surface area contributed by atoms with E-state index < -0.39 is 16.9 Å². The lowest BCUT2D eigenvalue weighted by molar-refractivity contribution is -0.385. The Morgan fingerprint density at radius 2 is 2.26 bits per heavy atom. The van der Waals surface area contributed by atoms with Gasteiger partial charge in [0.15, 0.2) is 0 Å². The fourth-order valence-electron chi connectivity index (χ4n) is 1.62. The zero-order valence-corrected chi connectivity index (χ0v) is 10.9. The number of nitro benzene ring substituents is 1. The number of ether oxygens (including phenoxy) is 1. The van der Waals surface area contributed by atoms with Crippen molar-refractivity contribution in [2.24, 2.45) is 5.73 Å². The zero-order chi connectivity index (χ0) is 14.4. The molecule has 3 N–H and O–H groups in total. The molecule has 1 unspecified atom stereocenters. The number of nitrogens with one attached hydrogen (secondary N) is 1. The lowest BCUT2D eigenvalue weighted by Crippen LogP contribution is -2.45. The first-order chi connectivity index (χ1) is 8.97. The minimum absolute atomic E-state index is 0.0171. The molecule has 0 aliphatic rings. The van der Waals surface area contributed by atoms with Crippen molar-refractivity contribution in [2.45, 2.75) is 19.9 Å². The average Bonchev–Trinajstić information content (AvgIpc) is 2.35. The van der Waals surface area contributed by atoms with Gasteiger partial charge in [-0.1, -0.05) is 13.0 Å². The van der Waals surface area contributed by atoms with Gasteiger partial charge < -0.3 is 15.8 Å². The summed E-state index contributed by atoms with van der Waals surface area (Å²) in [6.07, 6.45) is 0. The predicted octanol–water partition coefficient (Wildman–Crippen LogP) is 0.745. The van der Waals surface area contributed by atoms with E-state index in [0.717, 1.165) is 0 Å². The number of hydrogen-bond acceptors (Lipinski definition) is 5. The minimum Gasteiger partial charge on any atom is -0.491 e. The lowest BCUT2D eigenvalue weighted by Gasteiger charge is -2.16.